The fourth-order valence-corrected chi connectivity index (χ4v) is 19.9. The molecule has 0 aliphatic carbocycles. The van der Waals surface area contributed by atoms with Crippen LogP contribution in [0.1, 0.15) is 26.3 Å². The van der Waals surface area contributed by atoms with Crippen molar-refractivity contribution in [3.8, 4) is 78.9 Å². The molecule has 464 valence electrons. The van der Waals surface area contributed by atoms with Gasteiger partial charge in [0.15, 0.2) is 8.07 Å². The number of hydrogen-bond donors (Lipinski definition) is 0. The van der Waals surface area contributed by atoms with E-state index in [4.69, 9.17) is 9.72 Å². The molecular formula is C89H64N5OPtSi+. The number of pyridine rings is 1. The molecule has 1 aliphatic rings. The predicted molar refractivity (Wildman–Crippen MR) is 398 cm³/mol. The van der Waals surface area contributed by atoms with E-state index in [2.05, 4.69) is 349 Å². The Bertz CT molecular complexity index is 5730. The first-order chi connectivity index (χ1) is 46.8. The van der Waals surface area contributed by atoms with Crippen molar-refractivity contribution in [2.24, 2.45) is 0 Å². The average Bonchev–Trinajstić information content (AvgIpc) is 1.61. The molecule has 4 aromatic heterocycles. The predicted octanol–water partition coefficient (Wildman–Crippen LogP) is 18.8. The van der Waals surface area contributed by atoms with Crippen molar-refractivity contribution in [2.75, 3.05) is 0 Å². The molecule has 0 atom stereocenters. The molecule has 0 N–H and O–H groups in total. The van der Waals surface area contributed by atoms with E-state index in [1.807, 2.05) is 24.4 Å². The van der Waals surface area contributed by atoms with E-state index >= 15 is 0 Å². The largest absolute Gasteiger partial charge is 4.00 e. The third-order valence-corrected chi connectivity index (χ3v) is 24.2. The summed E-state index contributed by atoms with van der Waals surface area (Å²) in [4.78, 5) is 4.94. The zero-order valence-electron chi connectivity index (χ0n) is 54.0. The number of imidazole rings is 1. The number of aromatic nitrogens is 5. The molecule has 13 aromatic carbocycles. The first kappa shape index (κ1) is 60.7. The Kier molecular flexibility index (Phi) is 15.2. The van der Waals surface area contributed by atoms with Crippen molar-refractivity contribution in [1.29, 1.82) is 0 Å². The molecule has 0 fully saturated rings. The fraction of sp³-hybridized carbons (Fsp3) is 0.0449. The standard InChI is InChI=1S/C88H61N5OSi.CH3.Pt/c1-88(2,3)60-51-52-89-86(54-60)93-82-43-22-18-38-74(82)75-49-46-63(56-85(75)93)94-62-26-23-25-61(55-62)90-58-91-84-53-59(68-33-15-19-40-79(68)92-80-41-20-16-36-72(80)73-37-17-21-42-81(73)92)45-48-76(84)78-57-67(47-50-71(78)69-34-13-14-35-70(69)77-39-24-44-83(90)87(77)91)95(64-27-7-4-8-28-64,65-29-9-5-10-30-65)66-31-11-6-12-32-66;;/h4-54,57H,1-3H3;1H3;/q-2;-1;+4. The summed E-state index contributed by atoms with van der Waals surface area (Å²) in [6.07, 6.45) is 5.97. The number of benzene rings is 13. The second-order valence-corrected chi connectivity index (χ2v) is 29.6. The first-order valence-corrected chi connectivity index (χ1v) is 34.5. The monoisotopic (exact) mass is 1440 g/mol. The quantitative estimate of drug-likeness (QED) is 0.0593. The molecule has 0 saturated carbocycles. The summed E-state index contributed by atoms with van der Waals surface area (Å²) in [6, 6.07) is 121. The van der Waals surface area contributed by atoms with Crippen molar-refractivity contribution in [2.45, 2.75) is 26.2 Å². The molecule has 0 radical (unpaired) electrons. The van der Waals surface area contributed by atoms with Crippen LogP contribution in [0, 0.1) is 25.9 Å². The molecule has 6 nitrogen and oxygen atoms in total. The van der Waals surface area contributed by atoms with Crippen LogP contribution >= 0.6 is 0 Å². The topological polar surface area (TPSA) is 40.8 Å². The van der Waals surface area contributed by atoms with Crippen molar-refractivity contribution in [3.63, 3.8) is 0 Å². The number of fused-ring (bicyclic) bond motifs is 13. The third-order valence-electron chi connectivity index (χ3n) is 19.4. The van der Waals surface area contributed by atoms with Crippen molar-refractivity contribution >= 4 is 83.5 Å². The van der Waals surface area contributed by atoms with Gasteiger partial charge in [0.2, 0.25) is 0 Å². The summed E-state index contributed by atoms with van der Waals surface area (Å²) in [5.41, 5.74) is 19.1. The first-order valence-electron chi connectivity index (χ1n) is 32.5. The van der Waals surface area contributed by atoms with Crippen molar-refractivity contribution in [1.82, 2.24) is 18.7 Å². The Hall–Kier alpha value is -11.2. The van der Waals surface area contributed by atoms with Gasteiger partial charge in [-0.1, -0.05) is 263 Å². The summed E-state index contributed by atoms with van der Waals surface area (Å²) >= 11 is 0. The van der Waals surface area contributed by atoms with Gasteiger partial charge in [-0.2, -0.15) is 18.2 Å². The molecule has 5 heterocycles. The molecule has 97 heavy (non-hydrogen) atoms. The Morgan fingerprint density at radius 3 is 1.59 bits per heavy atom. The number of hydrogen-bond acceptors (Lipinski definition) is 2. The van der Waals surface area contributed by atoms with E-state index < -0.39 is 8.07 Å². The van der Waals surface area contributed by atoms with Crippen molar-refractivity contribution < 1.29 is 30.4 Å². The Balaban J connectivity index is 0.00000369. The minimum Gasteiger partial charge on any atom is -0.510 e. The van der Waals surface area contributed by atoms with Gasteiger partial charge < -0.3 is 25.9 Å². The number of ether oxygens (including phenoxy) is 1. The summed E-state index contributed by atoms with van der Waals surface area (Å²) < 4.78 is 16.0. The molecule has 8 heteroatoms. The van der Waals surface area contributed by atoms with E-state index in [-0.39, 0.29) is 33.9 Å². The molecule has 0 bridgehead atoms. The molecule has 0 saturated heterocycles. The molecular weight excluding hydrogens is 1380 g/mol. The summed E-state index contributed by atoms with van der Waals surface area (Å²) in [5, 5.41) is 9.86. The fourth-order valence-electron chi connectivity index (χ4n) is 15.1. The Morgan fingerprint density at radius 2 is 0.928 bits per heavy atom. The maximum absolute atomic E-state index is 6.91. The van der Waals surface area contributed by atoms with Crippen LogP contribution in [0.25, 0.3) is 122 Å². The van der Waals surface area contributed by atoms with E-state index in [0.29, 0.717) is 11.5 Å². The maximum Gasteiger partial charge on any atom is 4.00 e. The third kappa shape index (κ3) is 9.86. The Morgan fingerprint density at radius 1 is 0.402 bits per heavy atom. The molecule has 0 spiro atoms. The number of nitrogens with zero attached hydrogens (tertiary/aromatic N) is 5. The van der Waals surface area contributed by atoms with E-state index in [1.54, 1.807) is 0 Å². The number of rotatable bonds is 10. The smallest absolute Gasteiger partial charge is 0.510 e. The van der Waals surface area contributed by atoms with Gasteiger partial charge in [0.1, 0.15) is 5.82 Å². The van der Waals surface area contributed by atoms with Crippen LogP contribution in [0.2, 0.25) is 0 Å². The van der Waals surface area contributed by atoms with Gasteiger partial charge >= 0.3 is 21.1 Å². The van der Waals surface area contributed by atoms with Gasteiger partial charge in [-0.05, 0) is 124 Å². The van der Waals surface area contributed by atoms with Gasteiger partial charge in [0.25, 0.3) is 6.33 Å². The van der Waals surface area contributed by atoms with Gasteiger partial charge in [-0.15, -0.1) is 29.7 Å². The summed E-state index contributed by atoms with van der Waals surface area (Å²) in [7, 11) is -3.04. The average molecular weight is 1440 g/mol. The molecule has 0 unspecified atom stereocenters. The zero-order chi connectivity index (χ0) is 63.4. The van der Waals surface area contributed by atoms with Crippen LogP contribution < -0.4 is 30.1 Å². The maximum atomic E-state index is 6.91. The molecule has 0 amide bonds. The molecule has 17 aromatic rings. The van der Waals surface area contributed by atoms with Crippen LogP contribution in [-0.2, 0) is 26.5 Å². The van der Waals surface area contributed by atoms with Gasteiger partial charge in [-0.25, -0.2) is 4.98 Å². The SMILES string of the molecule is CC(C)(C)c1ccnc(-n2c3[c-]c(Oc4[c-]c(-n5[c-][n+]6c7c(cccc75)-c5ccccc5-c5ccc([Si](c7ccccc7)(c7ccccc7)c7ccccc7)cc5-c5ccc(-c7ccccc7-n7c8ccccc8c8ccccc87)cc5-6)ccc4)ccc3c3ccccc32)c1.[CH3-].[Pt+4]. The van der Waals surface area contributed by atoms with Gasteiger partial charge in [0.05, 0.1) is 33.4 Å². The van der Waals surface area contributed by atoms with Crippen LogP contribution in [0.5, 0.6) is 11.5 Å². The van der Waals surface area contributed by atoms with Crippen LogP contribution in [0.15, 0.2) is 316 Å². The number of para-hydroxylation sites is 5. The summed E-state index contributed by atoms with van der Waals surface area (Å²) in [5.74, 6) is 1.95. The van der Waals surface area contributed by atoms with Gasteiger partial charge in [-0.3, -0.25) is 4.57 Å². The normalized spacial score (nSPS) is 11.9. The van der Waals surface area contributed by atoms with E-state index in [0.717, 1.165) is 111 Å². The van der Waals surface area contributed by atoms with Crippen molar-refractivity contribution in [3.05, 3.63) is 347 Å². The summed E-state index contributed by atoms with van der Waals surface area (Å²) in [6.45, 7) is 6.70. The minimum absolute atomic E-state index is 0. The zero-order valence-corrected chi connectivity index (χ0v) is 57.3. The van der Waals surface area contributed by atoms with Gasteiger partial charge in [0, 0.05) is 39.5 Å². The molecule has 1 aliphatic heterocycles. The van der Waals surface area contributed by atoms with E-state index in [9.17, 15) is 0 Å². The van der Waals surface area contributed by atoms with Crippen LogP contribution in [-0.4, -0.2) is 26.8 Å². The second kappa shape index (κ2) is 24.2. The minimum atomic E-state index is -3.04. The molecule has 18 rings (SSSR count). The second-order valence-electron chi connectivity index (χ2n) is 25.8. The van der Waals surface area contributed by atoms with Crippen LogP contribution in [0.4, 0.5) is 0 Å². The van der Waals surface area contributed by atoms with E-state index in [1.165, 1.54) is 37.1 Å². The Labute approximate surface area is 580 Å². The van der Waals surface area contributed by atoms with Crippen LogP contribution in [0.3, 0.4) is 0 Å².